The maximum atomic E-state index is 12.4. The van der Waals surface area contributed by atoms with Gasteiger partial charge in [-0.15, -0.1) is 0 Å². The summed E-state index contributed by atoms with van der Waals surface area (Å²) in [5, 5.41) is 0. The Kier molecular flexibility index (Phi) is 2.55. The number of carbonyl (C=O) groups excluding carboxylic acids is 1. The average Bonchev–Trinajstić information content (AvgIpc) is 2.72. The highest BCUT2D eigenvalue weighted by Gasteiger charge is 2.28. The second-order valence-electron chi connectivity index (χ2n) is 5.34. The van der Waals surface area contributed by atoms with E-state index in [4.69, 9.17) is 0 Å². The zero-order chi connectivity index (χ0) is 12.7. The minimum Gasteiger partial charge on any atom is -0.289 e. The van der Waals surface area contributed by atoms with Gasteiger partial charge in [0.25, 0.3) is 0 Å². The van der Waals surface area contributed by atoms with Gasteiger partial charge in [-0.05, 0) is 35.1 Å². The third kappa shape index (κ3) is 1.67. The third-order valence-corrected chi connectivity index (χ3v) is 3.46. The fraction of sp³-hybridized carbons (Fsp3) is 0.235. The summed E-state index contributed by atoms with van der Waals surface area (Å²) in [6.45, 7) is 4.29. The summed E-state index contributed by atoms with van der Waals surface area (Å²) in [4.78, 5) is 12.4. The lowest BCUT2D eigenvalue weighted by atomic mass is 9.87. The Morgan fingerprint density at radius 1 is 1.06 bits per heavy atom. The van der Waals surface area contributed by atoms with Crippen LogP contribution < -0.4 is 0 Å². The second-order valence-corrected chi connectivity index (χ2v) is 5.34. The maximum Gasteiger partial charge on any atom is 0.189 e. The zero-order valence-corrected chi connectivity index (χ0v) is 10.7. The van der Waals surface area contributed by atoms with E-state index in [0.29, 0.717) is 5.92 Å². The number of hydrogen-bond donors (Lipinski definition) is 0. The summed E-state index contributed by atoms with van der Waals surface area (Å²) in [5.74, 6) is 0.719. The van der Waals surface area contributed by atoms with Gasteiger partial charge in [-0.3, -0.25) is 4.79 Å². The molecule has 2 aliphatic carbocycles. The highest BCUT2D eigenvalue weighted by Crippen LogP contribution is 2.39. The Hall–Kier alpha value is -1.89. The molecule has 1 nitrogen and oxygen atoms in total. The fourth-order valence-electron chi connectivity index (χ4n) is 2.65. The van der Waals surface area contributed by atoms with Crippen LogP contribution in [0.15, 0.2) is 47.6 Å². The Morgan fingerprint density at radius 2 is 1.83 bits per heavy atom. The number of allylic oxidation sites excluding steroid dienone is 5. The molecule has 0 radical (unpaired) electrons. The molecule has 0 saturated carbocycles. The fourth-order valence-corrected chi connectivity index (χ4v) is 2.65. The van der Waals surface area contributed by atoms with Gasteiger partial charge in [0.05, 0.1) is 0 Å². The molecule has 0 unspecified atom stereocenters. The number of Topliss-reactive ketones (excluding diaryl/α,β-unsaturated/α-hetero) is 1. The SMILES string of the molecule is CC(C)CC1=CC=C2C(=Cc3ccccc32)C1=O. The molecule has 0 spiro atoms. The number of rotatable bonds is 2. The number of ketones is 1. The predicted molar refractivity (Wildman–Crippen MR) is 74.9 cm³/mol. The highest BCUT2D eigenvalue weighted by molar-refractivity contribution is 6.25. The van der Waals surface area contributed by atoms with Crippen molar-refractivity contribution in [1.82, 2.24) is 0 Å². The Labute approximate surface area is 108 Å². The van der Waals surface area contributed by atoms with E-state index in [-0.39, 0.29) is 5.78 Å². The van der Waals surface area contributed by atoms with E-state index in [9.17, 15) is 4.79 Å². The van der Waals surface area contributed by atoms with Crippen LogP contribution in [-0.2, 0) is 4.79 Å². The Balaban J connectivity index is 2.04. The largest absolute Gasteiger partial charge is 0.289 e. The van der Waals surface area contributed by atoms with Crippen LogP contribution in [-0.4, -0.2) is 5.78 Å². The molecule has 0 aromatic heterocycles. The summed E-state index contributed by atoms with van der Waals surface area (Å²) in [6.07, 6.45) is 6.97. The van der Waals surface area contributed by atoms with Crippen LogP contribution in [0, 0.1) is 5.92 Å². The average molecular weight is 236 g/mol. The molecule has 0 bridgehead atoms. The van der Waals surface area contributed by atoms with Gasteiger partial charge in [-0.25, -0.2) is 0 Å². The first-order valence-corrected chi connectivity index (χ1v) is 6.44. The van der Waals surface area contributed by atoms with Crippen LogP contribution in [0.5, 0.6) is 0 Å². The van der Waals surface area contributed by atoms with E-state index < -0.39 is 0 Å². The molecule has 0 atom stereocenters. The number of hydrogen-bond acceptors (Lipinski definition) is 1. The van der Waals surface area contributed by atoms with Gasteiger partial charge in [0, 0.05) is 11.1 Å². The summed E-state index contributed by atoms with van der Waals surface area (Å²) in [7, 11) is 0. The van der Waals surface area contributed by atoms with Crippen LogP contribution >= 0.6 is 0 Å². The van der Waals surface area contributed by atoms with Crippen LogP contribution in [0.25, 0.3) is 11.6 Å². The van der Waals surface area contributed by atoms with E-state index >= 15 is 0 Å². The molecular formula is C17H16O. The van der Waals surface area contributed by atoms with Crippen molar-refractivity contribution in [2.45, 2.75) is 20.3 Å². The van der Waals surface area contributed by atoms with E-state index in [1.807, 2.05) is 24.3 Å². The number of fused-ring (bicyclic) bond motifs is 3. The molecular weight excluding hydrogens is 220 g/mol. The van der Waals surface area contributed by atoms with Gasteiger partial charge < -0.3 is 0 Å². The monoisotopic (exact) mass is 236 g/mol. The number of carbonyl (C=O) groups is 1. The topological polar surface area (TPSA) is 17.1 Å². The van der Waals surface area contributed by atoms with Crippen molar-refractivity contribution in [3.05, 3.63) is 58.7 Å². The highest BCUT2D eigenvalue weighted by atomic mass is 16.1. The minimum absolute atomic E-state index is 0.206. The normalized spacial score (nSPS) is 17.1. The molecule has 0 fully saturated rings. The van der Waals surface area contributed by atoms with Gasteiger partial charge in [-0.2, -0.15) is 0 Å². The van der Waals surface area contributed by atoms with Crippen molar-refractivity contribution in [1.29, 1.82) is 0 Å². The maximum absolute atomic E-state index is 12.4. The first-order valence-electron chi connectivity index (χ1n) is 6.44. The summed E-state index contributed by atoms with van der Waals surface area (Å²) >= 11 is 0. The Morgan fingerprint density at radius 3 is 2.61 bits per heavy atom. The van der Waals surface area contributed by atoms with Crippen molar-refractivity contribution in [3.63, 3.8) is 0 Å². The molecule has 0 amide bonds. The summed E-state index contributed by atoms with van der Waals surface area (Å²) < 4.78 is 0. The molecule has 90 valence electrons. The van der Waals surface area contributed by atoms with Gasteiger partial charge in [0.15, 0.2) is 5.78 Å². The molecule has 2 aliphatic rings. The number of benzene rings is 1. The lowest BCUT2D eigenvalue weighted by molar-refractivity contribution is -0.112. The first kappa shape index (κ1) is 11.2. The lowest BCUT2D eigenvalue weighted by Crippen LogP contribution is -2.11. The van der Waals surface area contributed by atoms with Gasteiger partial charge in [0.2, 0.25) is 0 Å². The standard InChI is InChI=1S/C17H16O/c1-11(2)9-13-7-8-15-14-6-4-3-5-12(14)10-16(15)17(13)18/h3-8,10-11H,9H2,1-2H3. The van der Waals surface area contributed by atoms with Crippen LogP contribution in [0.4, 0.5) is 0 Å². The summed E-state index contributed by atoms with van der Waals surface area (Å²) in [5.41, 5.74) is 5.23. The molecule has 18 heavy (non-hydrogen) atoms. The van der Waals surface area contributed by atoms with Gasteiger partial charge in [0.1, 0.15) is 0 Å². The van der Waals surface area contributed by atoms with Crippen LogP contribution in [0.2, 0.25) is 0 Å². The smallest absolute Gasteiger partial charge is 0.189 e. The molecule has 0 aliphatic heterocycles. The van der Waals surface area contributed by atoms with E-state index in [0.717, 1.165) is 28.7 Å². The van der Waals surface area contributed by atoms with Gasteiger partial charge in [-0.1, -0.05) is 50.3 Å². The van der Waals surface area contributed by atoms with E-state index in [1.165, 1.54) is 5.56 Å². The lowest BCUT2D eigenvalue weighted by Gasteiger charge is -2.15. The Bertz CT molecular complexity index is 612. The molecule has 1 heteroatoms. The molecule has 1 aromatic carbocycles. The van der Waals surface area contributed by atoms with Crippen molar-refractivity contribution in [3.8, 4) is 0 Å². The van der Waals surface area contributed by atoms with Crippen molar-refractivity contribution in [2.24, 2.45) is 5.92 Å². The molecule has 0 N–H and O–H groups in total. The van der Waals surface area contributed by atoms with Crippen LogP contribution in [0.3, 0.4) is 0 Å². The van der Waals surface area contributed by atoms with E-state index in [1.54, 1.807) is 0 Å². The van der Waals surface area contributed by atoms with Crippen molar-refractivity contribution < 1.29 is 4.79 Å². The minimum atomic E-state index is 0.206. The quantitative estimate of drug-likeness (QED) is 0.758. The predicted octanol–water partition coefficient (Wildman–Crippen LogP) is 4.02. The molecule has 3 rings (SSSR count). The summed E-state index contributed by atoms with van der Waals surface area (Å²) in [6, 6.07) is 8.19. The van der Waals surface area contributed by atoms with Crippen LogP contribution in [0.1, 0.15) is 31.4 Å². The second kappa shape index (κ2) is 4.09. The molecule has 0 heterocycles. The van der Waals surface area contributed by atoms with Crippen molar-refractivity contribution >= 4 is 17.4 Å². The first-order chi connectivity index (χ1) is 8.66. The van der Waals surface area contributed by atoms with Crippen molar-refractivity contribution in [2.75, 3.05) is 0 Å². The molecule has 1 aromatic rings. The van der Waals surface area contributed by atoms with E-state index in [2.05, 4.69) is 32.1 Å². The third-order valence-electron chi connectivity index (χ3n) is 3.46. The van der Waals surface area contributed by atoms with Gasteiger partial charge >= 0.3 is 0 Å². The molecule has 0 saturated heterocycles. The zero-order valence-electron chi connectivity index (χ0n) is 10.7.